The lowest BCUT2D eigenvalue weighted by Gasteiger charge is -2.23. The van der Waals surface area contributed by atoms with Crippen LogP contribution in [0.1, 0.15) is 25.8 Å². The standard InChI is InChI=1S/C24H27O6PS/c1-3-29-31(25,30-4-2)24(32(26,27)28)11-7-8-19-12-14-21(15-13-19)23-17-16-20-9-5-6-10-22(20)18-23/h5-10,12-18,24H,3-4,11H2,1-2H3,(H,26,27,28). The van der Waals surface area contributed by atoms with Crippen LogP contribution in [0.25, 0.3) is 28.0 Å². The minimum Gasteiger partial charge on any atom is -0.308 e. The third-order valence-corrected chi connectivity index (χ3v) is 9.56. The van der Waals surface area contributed by atoms with Gasteiger partial charge in [0.15, 0.2) is 4.99 Å². The molecule has 0 spiro atoms. The van der Waals surface area contributed by atoms with E-state index in [0.717, 1.165) is 16.7 Å². The average Bonchev–Trinajstić information content (AvgIpc) is 2.76. The molecule has 32 heavy (non-hydrogen) atoms. The average molecular weight is 475 g/mol. The summed E-state index contributed by atoms with van der Waals surface area (Å²) in [6.07, 6.45) is 3.06. The Morgan fingerprint density at radius 1 is 0.906 bits per heavy atom. The Kier molecular flexibility index (Phi) is 8.04. The second-order valence-electron chi connectivity index (χ2n) is 7.17. The Balaban J connectivity index is 1.77. The molecule has 0 fully saturated rings. The van der Waals surface area contributed by atoms with Gasteiger partial charge >= 0.3 is 7.60 Å². The zero-order valence-electron chi connectivity index (χ0n) is 18.0. The van der Waals surface area contributed by atoms with Gasteiger partial charge in [0.2, 0.25) is 0 Å². The lowest BCUT2D eigenvalue weighted by atomic mass is 10.0. The van der Waals surface area contributed by atoms with Crippen LogP contribution in [-0.4, -0.2) is 31.2 Å². The molecule has 1 unspecified atom stereocenters. The first-order valence-electron chi connectivity index (χ1n) is 10.4. The molecule has 1 N–H and O–H groups in total. The Hall–Kier alpha value is -2.28. The summed E-state index contributed by atoms with van der Waals surface area (Å²) in [5.74, 6) is 0. The van der Waals surface area contributed by atoms with Crippen molar-refractivity contribution < 1.29 is 26.6 Å². The van der Waals surface area contributed by atoms with Crippen LogP contribution < -0.4 is 0 Å². The lowest BCUT2D eigenvalue weighted by Crippen LogP contribution is -2.22. The van der Waals surface area contributed by atoms with Gasteiger partial charge in [-0.25, -0.2) is 0 Å². The Morgan fingerprint density at radius 3 is 2.09 bits per heavy atom. The van der Waals surface area contributed by atoms with E-state index in [1.165, 1.54) is 10.8 Å². The van der Waals surface area contributed by atoms with Crippen LogP contribution in [-0.2, 0) is 23.7 Å². The first kappa shape index (κ1) is 24.4. The molecule has 8 heteroatoms. The molecule has 1 atom stereocenters. The van der Waals surface area contributed by atoms with E-state index in [1.807, 2.05) is 36.4 Å². The molecule has 0 aliphatic heterocycles. The quantitative estimate of drug-likeness (QED) is 0.270. The van der Waals surface area contributed by atoms with Crippen LogP contribution >= 0.6 is 7.60 Å². The molecule has 3 rings (SSSR count). The van der Waals surface area contributed by atoms with Crippen LogP contribution in [0.15, 0.2) is 72.8 Å². The van der Waals surface area contributed by atoms with Crippen LogP contribution in [0.4, 0.5) is 0 Å². The summed E-state index contributed by atoms with van der Waals surface area (Å²) in [5.41, 5.74) is 2.99. The van der Waals surface area contributed by atoms with Crippen molar-refractivity contribution in [3.8, 4) is 11.1 Å². The van der Waals surface area contributed by atoms with Crippen molar-refractivity contribution in [3.63, 3.8) is 0 Å². The summed E-state index contributed by atoms with van der Waals surface area (Å²) in [4.78, 5) is -1.68. The fraction of sp³-hybridized carbons (Fsp3) is 0.250. The predicted octanol–water partition coefficient (Wildman–Crippen LogP) is 6.39. The van der Waals surface area contributed by atoms with Gasteiger partial charge in [0.1, 0.15) is 0 Å². The van der Waals surface area contributed by atoms with E-state index >= 15 is 0 Å². The minimum atomic E-state index is -4.65. The van der Waals surface area contributed by atoms with Crippen molar-refractivity contribution in [2.24, 2.45) is 0 Å². The normalized spacial score (nSPS) is 13.6. The highest BCUT2D eigenvalue weighted by molar-refractivity contribution is 7.94. The second-order valence-corrected chi connectivity index (χ2v) is 11.3. The van der Waals surface area contributed by atoms with E-state index in [2.05, 4.69) is 30.3 Å². The summed E-state index contributed by atoms with van der Waals surface area (Å²) < 4.78 is 56.4. The van der Waals surface area contributed by atoms with Gasteiger partial charge in [0, 0.05) is 0 Å². The van der Waals surface area contributed by atoms with Crippen LogP contribution in [0, 0.1) is 0 Å². The highest BCUT2D eigenvalue weighted by atomic mass is 32.2. The molecule has 0 heterocycles. The molecule has 0 saturated heterocycles. The zero-order chi connectivity index (χ0) is 23.2. The zero-order valence-corrected chi connectivity index (χ0v) is 19.8. The highest BCUT2D eigenvalue weighted by Crippen LogP contribution is 2.56. The molecule has 0 aliphatic carbocycles. The highest BCUT2D eigenvalue weighted by Gasteiger charge is 2.43. The Bertz CT molecular complexity index is 1220. The van der Waals surface area contributed by atoms with E-state index in [1.54, 1.807) is 26.0 Å². The first-order chi connectivity index (χ1) is 15.3. The fourth-order valence-electron chi connectivity index (χ4n) is 3.45. The molecule has 170 valence electrons. The summed E-state index contributed by atoms with van der Waals surface area (Å²) in [5, 5.41) is 2.35. The van der Waals surface area contributed by atoms with Crippen molar-refractivity contribution in [1.29, 1.82) is 0 Å². The minimum absolute atomic E-state index is 0.00322. The van der Waals surface area contributed by atoms with Crippen LogP contribution in [0.5, 0.6) is 0 Å². The van der Waals surface area contributed by atoms with Crippen molar-refractivity contribution in [2.45, 2.75) is 25.3 Å². The molecular weight excluding hydrogens is 447 g/mol. The second kappa shape index (κ2) is 10.6. The number of rotatable bonds is 10. The van der Waals surface area contributed by atoms with Crippen LogP contribution in [0.3, 0.4) is 0 Å². The van der Waals surface area contributed by atoms with E-state index in [0.29, 0.717) is 0 Å². The van der Waals surface area contributed by atoms with Gasteiger partial charge in [0.25, 0.3) is 10.1 Å². The maximum Gasteiger partial charge on any atom is 0.351 e. The molecule has 0 aromatic heterocycles. The number of fused-ring (bicyclic) bond motifs is 1. The molecule has 0 amide bonds. The van der Waals surface area contributed by atoms with Crippen molar-refractivity contribution in [1.82, 2.24) is 0 Å². The van der Waals surface area contributed by atoms with Crippen molar-refractivity contribution in [2.75, 3.05) is 13.2 Å². The van der Waals surface area contributed by atoms with E-state index < -0.39 is 22.7 Å². The van der Waals surface area contributed by atoms with E-state index in [9.17, 15) is 17.5 Å². The number of hydrogen-bond acceptors (Lipinski definition) is 5. The molecule has 0 saturated carbocycles. The number of allylic oxidation sites excluding steroid dienone is 1. The summed E-state index contributed by atoms with van der Waals surface area (Å²) >= 11 is 0. The third-order valence-electron chi connectivity index (χ3n) is 4.96. The molecule has 3 aromatic carbocycles. The third kappa shape index (κ3) is 5.94. The topological polar surface area (TPSA) is 89.9 Å². The van der Waals surface area contributed by atoms with Gasteiger partial charge in [-0.05, 0) is 53.8 Å². The van der Waals surface area contributed by atoms with E-state index in [4.69, 9.17) is 9.05 Å². The van der Waals surface area contributed by atoms with Crippen molar-refractivity contribution >= 4 is 34.6 Å². The molecule has 0 radical (unpaired) electrons. The largest absolute Gasteiger partial charge is 0.351 e. The van der Waals surface area contributed by atoms with Gasteiger partial charge < -0.3 is 9.05 Å². The van der Waals surface area contributed by atoms with Gasteiger partial charge in [0.05, 0.1) is 13.2 Å². The molecule has 0 aliphatic rings. The Morgan fingerprint density at radius 2 is 1.50 bits per heavy atom. The smallest absolute Gasteiger partial charge is 0.308 e. The SMILES string of the molecule is CCOP(=O)(OCC)C(CC=Cc1ccc(-c2ccc3ccccc3c2)cc1)S(=O)(=O)O. The fourth-order valence-corrected chi connectivity index (χ4v) is 6.98. The molecular formula is C24H27O6PS. The number of benzene rings is 3. The summed E-state index contributed by atoms with van der Waals surface area (Å²) in [6, 6.07) is 22.2. The molecule has 3 aromatic rings. The monoisotopic (exact) mass is 474 g/mol. The first-order valence-corrected chi connectivity index (χ1v) is 13.5. The Labute approximate surface area is 189 Å². The van der Waals surface area contributed by atoms with E-state index in [-0.39, 0.29) is 19.6 Å². The predicted molar refractivity (Wildman–Crippen MR) is 129 cm³/mol. The van der Waals surface area contributed by atoms with Gasteiger partial charge in [-0.15, -0.1) is 0 Å². The van der Waals surface area contributed by atoms with Gasteiger partial charge in [-0.2, -0.15) is 8.42 Å². The molecule has 6 nitrogen and oxygen atoms in total. The van der Waals surface area contributed by atoms with Crippen LogP contribution in [0.2, 0.25) is 0 Å². The maximum atomic E-state index is 12.9. The van der Waals surface area contributed by atoms with Gasteiger partial charge in [-0.3, -0.25) is 9.12 Å². The number of hydrogen-bond donors (Lipinski definition) is 1. The summed E-state index contributed by atoms with van der Waals surface area (Å²) in [6.45, 7) is 3.17. The van der Waals surface area contributed by atoms with Gasteiger partial charge in [-0.1, -0.05) is 72.8 Å². The summed E-state index contributed by atoms with van der Waals surface area (Å²) in [7, 11) is -8.68. The van der Waals surface area contributed by atoms with Crippen molar-refractivity contribution in [3.05, 3.63) is 78.4 Å². The molecule has 0 bridgehead atoms. The maximum absolute atomic E-state index is 12.9. The lowest BCUT2D eigenvalue weighted by molar-refractivity contribution is 0.216.